The van der Waals surface area contributed by atoms with E-state index in [0.717, 1.165) is 43.0 Å². The number of methoxy groups -OCH3 is 2. The summed E-state index contributed by atoms with van der Waals surface area (Å²) in [5, 5.41) is 5.56. The molecule has 28 heavy (non-hydrogen) atoms. The van der Waals surface area contributed by atoms with Crippen molar-refractivity contribution in [1.82, 2.24) is 15.5 Å². The molecule has 0 spiro atoms. The molecule has 8 nitrogen and oxygen atoms in total. The smallest absolute Gasteiger partial charge is 0.315 e. The monoisotopic (exact) mass is 407 g/mol. The summed E-state index contributed by atoms with van der Waals surface area (Å²) in [6, 6.07) is 4.62. The van der Waals surface area contributed by atoms with Gasteiger partial charge in [-0.3, -0.25) is 14.5 Å². The summed E-state index contributed by atoms with van der Waals surface area (Å²) in [7, 11) is 3.13. The van der Waals surface area contributed by atoms with Gasteiger partial charge in [-0.2, -0.15) is 0 Å². The number of imide groups is 1. The lowest BCUT2D eigenvalue weighted by atomic mass is 9.89. The Morgan fingerprint density at radius 2 is 1.93 bits per heavy atom. The van der Waals surface area contributed by atoms with Crippen LogP contribution in [-0.4, -0.2) is 54.1 Å². The zero-order chi connectivity index (χ0) is 20.1. The Bertz CT molecular complexity index is 741. The number of hydrogen-bond acceptors (Lipinski definition) is 6. The molecule has 1 aliphatic carbocycles. The first-order valence-electron chi connectivity index (χ1n) is 9.27. The van der Waals surface area contributed by atoms with Crippen LogP contribution in [0, 0.1) is 0 Å². The van der Waals surface area contributed by atoms with E-state index >= 15 is 0 Å². The third-order valence-corrected chi connectivity index (χ3v) is 5.90. The Kier molecular flexibility index (Phi) is 6.66. The van der Waals surface area contributed by atoms with Crippen molar-refractivity contribution in [2.45, 2.75) is 44.3 Å². The minimum atomic E-state index is -0.321. The minimum absolute atomic E-state index is 0.167. The highest BCUT2D eigenvalue weighted by molar-refractivity contribution is 8.14. The van der Waals surface area contributed by atoms with E-state index < -0.39 is 0 Å². The number of nitrogens with one attached hydrogen (secondary N) is 2. The molecule has 1 aromatic rings. The van der Waals surface area contributed by atoms with Gasteiger partial charge in [0.25, 0.3) is 5.24 Å². The largest absolute Gasteiger partial charge is 0.493 e. The van der Waals surface area contributed by atoms with Gasteiger partial charge in [0.1, 0.15) is 0 Å². The van der Waals surface area contributed by atoms with Crippen molar-refractivity contribution in [1.29, 1.82) is 0 Å². The average Bonchev–Trinajstić information content (AvgIpc) is 3.04. The lowest BCUT2D eigenvalue weighted by Crippen LogP contribution is -2.56. The quantitative estimate of drug-likeness (QED) is 0.752. The third kappa shape index (κ3) is 4.52. The van der Waals surface area contributed by atoms with E-state index in [0.29, 0.717) is 18.0 Å². The fraction of sp³-hybridized carbons (Fsp3) is 0.526. The third-order valence-electron chi connectivity index (χ3n) is 5.06. The molecule has 152 valence electrons. The predicted octanol–water partition coefficient (Wildman–Crippen LogP) is 2.51. The van der Waals surface area contributed by atoms with Gasteiger partial charge in [-0.25, -0.2) is 4.79 Å². The van der Waals surface area contributed by atoms with Crippen LogP contribution in [0.2, 0.25) is 0 Å². The van der Waals surface area contributed by atoms with Crippen LogP contribution in [0.5, 0.6) is 11.5 Å². The van der Waals surface area contributed by atoms with Crippen LogP contribution in [0.25, 0.3) is 0 Å². The number of carbonyl (C=O) groups is 3. The number of benzene rings is 1. The van der Waals surface area contributed by atoms with Crippen LogP contribution < -0.4 is 20.1 Å². The fourth-order valence-corrected chi connectivity index (χ4v) is 4.43. The van der Waals surface area contributed by atoms with Crippen LogP contribution in [0.4, 0.5) is 9.59 Å². The van der Waals surface area contributed by atoms with E-state index in [-0.39, 0.29) is 35.0 Å². The first-order valence-corrected chi connectivity index (χ1v) is 10.3. The van der Waals surface area contributed by atoms with E-state index in [4.69, 9.17) is 9.47 Å². The van der Waals surface area contributed by atoms with Gasteiger partial charge in [-0.1, -0.05) is 30.7 Å². The molecule has 9 heteroatoms. The molecule has 0 aromatic heterocycles. The summed E-state index contributed by atoms with van der Waals surface area (Å²) in [5.74, 6) is 1.24. The number of carbonyl (C=O) groups excluding carboxylic acids is 3. The number of ether oxygens (including phenoxy) is 2. The van der Waals surface area contributed by atoms with Crippen molar-refractivity contribution in [3.8, 4) is 11.5 Å². The van der Waals surface area contributed by atoms with Gasteiger partial charge in [-0.15, -0.1) is 0 Å². The number of hydrogen-bond donors (Lipinski definition) is 2. The molecule has 0 bridgehead atoms. The zero-order valence-corrected chi connectivity index (χ0v) is 16.8. The molecule has 2 atom stereocenters. The maximum Gasteiger partial charge on any atom is 0.315 e. The van der Waals surface area contributed by atoms with E-state index in [1.807, 2.05) is 6.07 Å². The van der Waals surface area contributed by atoms with E-state index in [9.17, 15) is 14.4 Å². The summed E-state index contributed by atoms with van der Waals surface area (Å²) in [6.07, 6.45) is 3.37. The van der Waals surface area contributed by atoms with Gasteiger partial charge in [-0.05, 0) is 30.5 Å². The Balaban J connectivity index is 1.58. The highest BCUT2D eigenvalue weighted by Gasteiger charge is 2.41. The molecule has 3 rings (SSSR count). The lowest BCUT2D eigenvalue weighted by Gasteiger charge is -2.36. The van der Waals surface area contributed by atoms with Gasteiger partial charge >= 0.3 is 6.03 Å². The maximum atomic E-state index is 12.4. The SMILES string of the molecule is COc1ccc(CNC(=O)NC2CCCCC2N2C(=O)CSC2=O)cc1OC. The number of nitrogens with zero attached hydrogens (tertiary/aromatic N) is 1. The first kappa shape index (κ1) is 20.3. The zero-order valence-electron chi connectivity index (χ0n) is 16.0. The number of urea groups is 1. The lowest BCUT2D eigenvalue weighted by molar-refractivity contribution is -0.127. The number of amides is 4. The average molecular weight is 407 g/mol. The van der Waals surface area contributed by atoms with Crippen molar-refractivity contribution in [2.24, 2.45) is 0 Å². The standard InChI is InChI=1S/C19H25N3O5S/c1-26-15-8-7-12(9-16(15)27-2)10-20-18(24)21-13-5-3-4-6-14(13)22-17(23)11-28-19(22)25/h7-9,13-14H,3-6,10-11H2,1-2H3,(H2,20,21,24). The molecule has 0 radical (unpaired) electrons. The Morgan fingerprint density at radius 1 is 1.18 bits per heavy atom. The van der Waals surface area contributed by atoms with Gasteiger partial charge in [0.2, 0.25) is 5.91 Å². The Morgan fingerprint density at radius 3 is 2.61 bits per heavy atom. The molecule has 2 unspecified atom stereocenters. The van der Waals surface area contributed by atoms with E-state index in [1.54, 1.807) is 26.4 Å². The summed E-state index contributed by atoms with van der Waals surface area (Å²) >= 11 is 1.03. The maximum absolute atomic E-state index is 12.4. The molecule has 2 aliphatic rings. The molecular weight excluding hydrogens is 382 g/mol. The fourth-order valence-electron chi connectivity index (χ4n) is 3.67. The summed E-state index contributed by atoms with van der Waals surface area (Å²) in [5.41, 5.74) is 0.870. The van der Waals surface area contributed by atoms with Crippen LogP contribution in [0.15, 0.2) is 18.2 Å². The van der Waals surface area contributed by atoms with Crippen molar-refractivity contribution < 1.29 is 23.9 Å². The number of rotatable bonds is 6. The summed E-state index contributed by atoms with van der Waals surface area (Å²) < 4.78 is 10.5. The minimum Gasteiger partial charge on any atom is -0.493 e. The highest BCUT2D eigenvalue weighted by atomic mass is 32.2. The molecule has 1 aliphatic heterocycles. The molecule has 1 saturated heterocycles. The molecule has 1 heterocycles. The molecule has 2 N–H and O–H groups in total. The number of thioether (sulfide) groups is 1. The van der Waals surface area contributed by atoms with Crippen molar-refractivity contribution >= 4 is 28.9 Å². The topological polar surface area (TPSA) is 97.0 Å². The first-order chi connectivity index (χ1) is 13.5. The molecule has 2 fully saturated rings. The second kappa shape index (κ2) is 9.18. The van der Waals surface area contributed by atoms with Gasteiger partial charge in [0, 0.05) is 6.54 Å². The van der Waals surface area contributed by atoms with Crippen molar-refractivity contribution in [3.63, 3.8) is 0 Å². The molecule has 4 amide bonds. The molecule has 1 aromatic carbocycles. The second-order valence-electron chi connectivity index (χ2n) is 6.79. The second-order valence-corrected chi connectivity index (χ2v) is 7.72. The van der Waals surface area contributed by atoms with Crippen LogP contribution >= 0.6 is 11.8 Å². The molecule has 1 saturated carbocycles. The van der Waals surface area contributed by atoms with Gasteiger partial charge in [0.15, 0.2) is 11.5 Å². The molecular formula is C19H25N3O5S. The highest BCUT2D eigenvalue weighted by Crippen LogP contribution is 2.30. The van der Waals surface area contributed by atoms with E-state index in [1.165, 1.54) is 4.90 Å². The summed E-state index contributed by atoms with van der Waals surface area (Å²) in [4.78, 5) is 37.9. The summed E-state index contributed by atoms with van der Waals surface area (Å²) in [6.45, 7) is 0.320. The van der Waals surface area contributed by atoms with Crippen LogP contribution in [0.3, 0.4) is 0 Å². The normalized spacial score (nSPS) is 22.1. The van der Waals surface area contributed by atoms with Gasteiger partial charge in [0.05, 0.1) is 32.1 Å². The van der Waals surface area contributed by atoms with E-state index in [2.05, 4.69) is 10.6 Å². The van der Waals surface area contributed by atoms with Crippen LogP contribution in [0.1, 0.15) is 31.2 Å². The van der Waals surface area contributed by atoms with Gasteiger partial charge < -0.3 is 20.1 Å². The predicted molar refractivity (Wildman–Crippen MR) is 106 cm³/mol. The van der Waals surface area contributed by atoms with Crippen molar-refractivity contribution in [3.05, 3.63) is 23.8 Å². The Labute approximate surface area is 168 Å². The van der Waals surface area contributed by atoms with Crippen molar-refractivity contribution in [2.75, 3.05) is 20.0 Å². The van der Waals surface area contributed by atoms with Crippen LogP contribution in [-0.2, 0) is 11.3 Å². The Hall–Kier alpha value is -2.42.